The zero-order valence-corrected chi connectivity index (χ0v) is 6.58. The molecule has 0 unspecified atom stereocenters. The number of nitrogens with zero attached hydrogens (tertiary/aromatic N) is 1. The van der Waals surface area contributed by atoms with Crippen LogP contribution in [0.3, 0.4) is 0 Å². The van der Waals surface area contributed by atoms with E-state index in [0.29, 0.717) is 0 Å². The van der Waals surface area contributed by atoms with E-state index in [4.69, 9.17) is 10.4 Å². The predicted octanol–water partition coefficient (Wildman–Crippen LogP) is 1.45. The van der Waals surface area contributed by atoms with Crippen LogP contribution in [0.5, 0.6) is 0 Å². The lowest BCUT2D eigenvalue weighted by Crippen LogP contribution is -2.40. The van der Waals surface area contributed by atoms with Crippen molar-refractivity contribution in [2.45, 2.75) is 38.2 Å². The highest BCUT2D eigenvalue weighted by Gasteiger charge is 2.46. The lowest BCUT2D eigenvalue weighted by molar-refractivity contribution is -0.00452. The lowest BCUT2D eigenvalue weighted by Gasteiger charge is -2.39. The molecule has 2 heteroatoms. The van der Waals surface area contributed by atoms with Crippen LogP contribution in [-0.2, 0) is 0 Å². The topological polar surface area (TPSA) is 44.0 Å². The van der Waals surface area contributed by atoms with E-state index in [-0.39, 0.29) is 11.5 Å². The number of hydrogen-bond donors (Lipinski definition) is 1. The second-order valence-corrected chi connectivity index (χ2v) is 4.10. The second-order valence-electron chi connectivity index (χ2n) is 4.10. The summed E-state index contributed by atoms with van der Waals surface area (Å²) in [7, 11) is 0. The molecule has 11 heavy (non-hydrogen) atoms. The minimum atomic E-state index is -0.187. The molecule has 60 valence electrons. The van der Waals surface area contributed by atoms with Crippen LogP contribution in [0.1, 0.15) is 32.1 Å². The van der Waals surface area contributed by atoms with Gasteiger partial charge in [0.25, 0.3) is 0 Å². The number of aliphatic hydroxyl groups excluding tert-OH is 1. The summed E-state index contributed by atoms with van der Waals surface area (Å²) in [6.45, 7) is 0. The average molecular weight is 151 g/mol. The van der Waals surface area contributed by atoms with Crippen LogP contribution in [0.15, 0.2) is 0 Å². The minimum Gasteiger partial charge on any atom is -0.393 e. The maximum atomic E-state index is 9.10. The molecule has 0 amide bonds. The molecular formula is C9H13NO. The molecule has 0 saturated heterocycles. The normalized spacial score (nSPS) is 42.7. The highest BCUT2D eigenvalue weighted by Crippen LogP contribution is 2.50. The van der Waals surface area contributed by atoms with Crippen molar-refractivity contribution in [1.29, 1.82) is 5.26 Å². The maximum Gasteiger partial charge on any atom is 0.0691 e. The van der Waals surface area contributed by atoms with E-state index in [1.54, 1.807) is 0 Å². The minimum absolute atomic E-state index is 0.124. The summed E-state index contributed by atoms with van der Waals surface area (Å²) in [5.41, 5.74) is -0.124. The van der Waals surface area contributed by atoms with Gasteiger partial charge in [-0.1, -0.05) is 12.8 Å². The van der Waals surface area contributed by atoms with Gasteiger partial charge in [-0.2, -0.15) is 5.26 Å². The quantitative estimate of drug-likeness (QED) is 0.649. The standard InChI is InChI=1S/C9H13NO/c10-6-9(3-7-1-2-7)4-8(11)5-9/h7-8,11H,1-5H2. The molecule has 2 rings (SSSR count). The van der Waals surface area contributed by atoms with Crippen molar-refractivity contribution in [2.75, 3.05) is 0 Å². The molecule has 2 fully saturated rings. The summed E-state index contributed by atoms with van der Waals surface area (Å²) in [6, 6.07) is 2.36. The van der Waals surface area contributed by atoms with Gasteiger partial charge >= 0.3 is 0 Å². The summed E-state index contributed by atoms with van der Waals surface area (Å²) in [5, 5.41) is 18.0. The number of nitriles is 1. The second kappa shape index (κ2) is 2.22. The van der Waals surface area contributed by atoms with E-state index >= 15 is 0 Å². The van der Waals surface area contributed by atoms with Crippen LogP contribution in [0, 0.1) is 22.7 Å². The first-order valence-corrected chi connectivity index (χ1v) is 4.33. The Bertz CT molecular complexity index is 196. The SMILES string of the molecule is N#CC1(CC2CC2)CC(O)C1. The van der Waals surface area contributed by atoms with E-state index in [9.17, 15) is 0 Å². The number of aliphatic hydroxyl groups is 1. The molecule has 0 heterocycles. The van der Waals surface area contributed by atoms with Crippen molar-refractivity contribution >= 4 is 0 Å². The molecule has 0 bridgehead atoms. The summed E-state index contributed by atoms with van der Waals surface area (Å²) in [4.78, 5) is 0. The van der Waals surface area contributed by atoms with Gasteiger partial charge in [-0.05, 0) is 25.2 Å². The molecular weight excluding hydrogens is 138 g/mol. The van der Waals surface area contributed by atoms with Crippen LogP contribution < -0.4 is 0 Å². The Labute approximate surface area is 66.8 Å². The fraction of sp³-hybridized carbons (Fsp3) is 0.889. The molecule has 2 aliphatic rings. The highest BCUT2D eigenvalue weighted by atomic mass is 16.3. The predicted molar refractivity (Wildman–Crippen MR) is 40.6 cm³/mol. The highest BCUT2D eigenvalue weighted by molar-refractivity contribution is 5.09. The Morgan fingerprint density at radius 1 is 1.45 bits per heavy atom. The zero-order chi connectivity index (χ0) is 7.90. The van der Waals surface area contributed by atoms with Crippen molar-refractivity contribution in [2.24, 2.45) is 11.3 Å². The van der Waals surface area contributed by atoms with Gasteiger partial charge in [0.15, 0.2) is 0 Å². The summed E-state index contributed by atoms with van der Waals surface area (Å²) >= 11 is 0. The molecule has 2 nitrogen and oxygen atoms in total. The molecule has 2 saturated carbocycles. The first-order valence-electron chi connectivity index (χ1n) is 4.33. The molecule has 2 aliphatic carbocycles. The first kappa shape index (κ1) is 7.12. The first-order chi connectivity index (χ1) is 5.24. The van der Waals surface area contributed by atoms with Gasteiger partial charge in [-0.3, -0.25) is 0 Å². The molecule has 0 aromatic heterocycles. The van der Waals surface area contributed by atoms with Crippen LogP contribution in [0.2, 0.25) is 0 Å². The summed E-state index contributed by atoms with van der Waals surface area (Å²) < 4.78 is 0. The third kappa shape index (κ3) is 1.25. The summed E-state index contributed by atoms with van der Waals surface area (Å²) in [6.07, 6.45) is 4.91. The van der Waals surface area contributed by atoms with E-state index in [0.717, 1.165) is 25.2 Å². The van der Waals surface area contributed by atoms with Crippen LogP contribution >= 0.6 is 0 Å². The maximum absolute atomic E-state index is 9.10. The Kier molecular flexibility index (Phi) is 1.43. The van der Waals surface area contributed by atoms with E-state index in [1.165, 1.54) is 12.8 Å². The van der Waals surface area contributed by atoms with E-state index < -0.39 is 0 Å². The molecule has 0 aromatic rings. The van der Waals surface area contributed by atoms with Gasteiger partial charge in [0.05, 0.1) is 17.6 Å². The molecule has 0 atom stereocenters. The van der Waals surface area contributed by atoms with Crippen molar-refractivity contribution in [3.63, 3.8) is 0 Å². The fourth-order valence-electron chi connectivity index (χ4n) is 2.02. The van der Waals surface area contributed by atoms with Crippen molar-refractivity contribution in [3.8, 4) is 6.07 Å². The van der Waals surface area contributed by atoms with Crippen LogP contribution in [-0.4, -0.2) is 11.2 Å². The van der Waals surface area contributed by atoms with Gasteiger partial charge in [0, 0.05) is 0 Å². The number of rotatable bonds is 2. The fourth-order valence-corrected chi connectivity index (χ4v) is 2.02. The molecule has 0 radical (unpaired) electrons. The zero-order valence-electron chi connectivity index (χ0n) is 6.58. The van der Waals surface area contributed by atoms with Crippen molar-refractivity contribution in [1.82, 2.24) is 0 Å². The monoisotopic (exact) mass is 151 g/mol. The largest absolute Gasteiger partial charge is 0.393 e. The van der Waals surface area contributed by atoms with Crippen LogP contribution in [0.4, 0.5) is 0 Å². The molecule has 0 aromatic carbocycles. The van der Waals surface area contributed by atoms with Crippen molar-refractivity contribution in [3.05, 3.63) is 0 Å². The van der Waals surface area contributed by atoms with Crippen LogP contribution in [0.25, 0.3) is 0 Å². The third-order valence-corrected chi connectivity index (χ3v) is 2.87. The Morgan fingerprint density at radius 3 is 2.45 bits per heavy atom. The van der Waals surface area contributed by atoms with Gasteiger partial charge in [0.2, 0.25) is 0 Å². The molecule has 0 spiro atoms. The molecule has 0 aliphatic heterocycles. The third-order valence-electron chi connectivity index (χ3n) is 2.87. The van der Waals surface area contributed by atoms with E-state index in [1.807, 2.05) is 0 Å². The number of hydrogen-bond acceptors (Lipinski definition) is 2. The summed E-state index contributed by atoms with van der Waals surface area (Å²) in [5.74, 6) is 0.808. The van der Waals surface area contributed by atoms with Gasteiger partial charge in [-0.25, -0.2) is 0 Å². The molecule has 1 N–H and O–H groups in total. The average Bonchev–Trinajstić information content (AvgIpc) is 2.67. The van der Waals surface area contributed by atoms with Gasteiger partial charge < -0.3 is 5.11 Å². The van der Waals surface area contributed by atoms with Gasteiger partial charge in [0.1, 0.15) is 0 Å². The Balaban J connectivity index is 1.91. The Morgan fingerprint density at radius 2 is 2.09 bits per heavy atom. The van der Waals surface area contributed by atoms with Crippen molar-refractivity contribution < 1.29 is 5.11 Å². The Hall–Kier alpha value is -0.550. The van der Waals surface area contributed by atoms with E-state index in [2.05, 4.69) is 6.07 Å². The smallest absolute Gasteiger partial charge is 0.0691 e. The van der Waals surface area contributed by atoms with Gasteiger partial charge in [-0.15, -0.1) is 0 Å². The lowest BCUT2D eigenvalue weighted by atomic mass is 9.65.